The van der Waals surface area contributed by atoms with Gasteiger partial charge < -0.3 is 18.6 Å². The van der Waals surface area contributed by atoms with Crippen molar-refractivity contribution in [3.05, 3.63) is 12.3 Å². The Hall–Kier alpha value is -0.853. The van der Waals surface area contributed by atoms with E-state index in [0.29, 0.717) is 6.61 Å². The maximum absolute atomic E-state index is 11.2. The monoisotopic (exact) mass is 372 g/mol. The smallest absolute Gasteiger partial charge is 0.333 e. The Morgan fingerprint density at radius 2 is 1.96 bits per heavy atom. The zero-order chi connectivity index (χ0) is 19.1. The Kier molecular flexibility index (Phi) is 8.64. The van der Waals surface area contributed by atoms with Crippen LogP contribution in [-0.4, -0.2) is 46.3 Å². The molecule has 0 amide bonds. The van der Waals surface area contributed by atoms with Crippen molar-refractivity contribution < 1.29 is 23.4 Å². The molecule has 0 aliphatic carbocycles. The summed E-state index contributed by atoms with van der Waals surface area (Å²) in [7, 11) is -0.406. The van der Waals surface area contributed by atoms with E-state index >= 15 is 0 Å². The molecule has 0 bridgehead atoms. The van der Waals surface area contributed by atoms with Crippen LogP contribution in [0.5, 0.6) is 0 Å². The number of ether oxygens (including phenoxy) is 3. The Bertz CT molecular complexity index is 442. The molecule has 6 heteroatoms. The van der Waals surface area contributed by atoms with E-state index in [9.17, 15) is 4.79 Å². The second kappa shape index (κ2) is 9.74. The maximum Gasteiger partial charge on any atom is 0.333 e. The van der Waals surface area contributed by atoms with Gasteiger partial charge in [0.2, 0.25) is 0 Å². The molecule has 0 N–H and O–H groups in total. The van der Waals surface area contributed by atoms with Crippen molar-refractivity contribution in [1.82, 2.24) is 0 Å². The van der Waals surface area contributed by atoms with Crippen LogP contribution < -0.4 is 0 Å². The SMILES string of the molecule is COC(=O)/C=C/O[C@H]1CCC[C@H](C)O[C@@H]1CCO[Si](C)(C)C(C)(C)C. The van der Waals surface area contributed by atoms with Gasteiger partial charge in [-0.25, -0.2) is 4.79 Å². The molecule has 1 fully saturated rings. The minimum absolute atomic E-state index is 0.0236. The van der Waals surface area contributed by atoms with E-state index in [2.05, 4.69) is 45.5 Å². The summed E-state index contributed by atoms with van der Waals surface area (Å²) in [5, 5.41) is 0.198. The summed E-state index contributed by atoms with van der Waals surface area (Å²) in [6.07, 6.45) is 6.66. The van der Waals surface area contributed by atoms with Gasteiger partial charge in [0.15, 0.2) is 8.32 Å². The summed E-state index contributed by atoms with van der Waals surface area (Å²) in [5.74, 6) is -0.416. The molecule has 0 spiro atoms. The number of hydrogen-bond donors (Lipinski definition) is 0. The van der Waals surface area contributed by atoms with Gasteiger partial charge in [-0.15, -0.1) is 0 Å². The van der Waals surface area contributed by atoms with Gasteiger partial charge >= 0.3 is 5.97 Å². The molecule has 25 heavy (non-hydrogen) atoms. The molecule has 1 aliphatic heterocycles. The highest BCUT2D eigenvalue weighted by Crippen LogP contribution is 2.36. The summed E-state index contributed by atoms with van der Waals surface area (Å²) in [6.45, 7) is 14.0. The highest BCUT2D eigenvalue weighted by atomic mass is 28.4. The van der Waals surface area contributed by atoms with E-state index in [4.69, 9.17) is 13.9 Å². The number of carbonyl (C=O) groups is 1. The third-order valence-electron chi connectivity index (χ3n) is 5.25. The van der Waals surface area contributed by atoms with E-state index in [1.165, 1.54) is 19.4 Å². The summed E-state index contributed by atoms with van der Waals surface area (Å²) >= 11 is 0. The minimum atomic E-state index is -1.76. The highest BCUT2D eigenvalue weighted by Gasteiger charge is 2.37. The lowest BCUT2D eigenvalue weighted by Gasteiger charge is -2.37. The van der Waals surface area contributed by atoms with Crippen molar-refractivity contribution in [3.63, 3.8) is 0 Å². The predicted molar refractivity (Wildman–Crippen MR) is 102 cm³/mol. The third-order valence-corrected chi connectivity index (χ3v) is 9.79. The number of methoxy groups -OCH3 is 1. The van der Waals surface area contributed by atoms with E-state index < -0.39 is 14.3 Å². The fourth-order valence-electron chi connectivity index (χ4n) is 2.57. The lowest BCUT2D eigenvalue weighted by molar-refractivity contribution is -0.135. The quantitative estimate of drug-likeness (QED) is 0.286. The molecule has 0 saturated carbocycles. The fraction of sp³-hybridized carbons (Fsp3) is 0.842. The van der Waals surface area contributed by atoms with E-state index in [1.807, 2.05) is 0 Å². The molecule has 0 aromatic heterocycles. The van der Waals surface area contributed by atoms with Crippen LogP contribution in [0.2, 0.25) is 18.1 Å². The van der Waals surface area contributed by atoms with Crippen LogP contribution >= 0.6 is 0 Å². The van der Waals surface area contributed by atoms with Crippen LogP contribution in [0, 0.1) is 0 Å². The lowest BCUT2D eigenvalue weighted by atomic mass is 10.1. The molecular weight excluding hydrogens is 336 g/mol. The van der Waals surface area contributed by atoms with Crippen molar-refractivity contribution in [1.29, 1.82) is 0 Å². The Balaban J connectivity index is 2.63. The van der Waals surface area contributed by atoms with E-state index in [-0.39, 0.29) is 23.4 Å². The molecule has 0 unspecified atom stereocenters. The standard InChI is InChI=1S/C19H36O5Si/c1-15-9-8-10-16(22-13-12-18(20)21-5)17(24-15)11-14-23-25(6,7)19(2,3)4/h12-13,15-17H,8-11,14H2,1-7H3/b13-12+/t15-,16-,17+/m0/s1. The van der Waals surface area contributed by atoms with Gasteiger partial charge in [-0.3, -0.25) is 0 Å². The van der Waals surface area contributed by atoms with Gasteiger partial charge in [-0.05, 0) is 50.7 Å². The minimum Gasteiger partial charge on any atom is -0.495 e. The third kappa shape index (κ3) is 7.50. The molecule has 1 saturated heterocycles. The van der Waals surface area contributed by atoms with Gasteiger partial charge in [-0.1, -0.05) is 20.8 Å². The number of rotatable bonds is 7. The number of hydrogen-bond acceptors (Lipinski definition) is 5. The zero-order valence-electron chi connectivity index (χ0n) is 17.0. The Morgan fingerprint density at radius 3 is 2.56 bits per heavy atom. The largest absolute Gasteiger partial charge is 0.495 e. The van der Waals surface area contributed by atoms with Crippen LogP contribution in [0.25, 0.3) is 0 Å². The molecule has 1 rings (SSSR count). The Labute approximate surface area is 154 Å². The summed E-state index contributed by atoms with van der Waals surface area (Å²) in [5.41, 5.74) is 0. The van der Waals surface area contributed by atoms with Crippen molar-refractivity contribution in [2.75, 3.05) is 13.7 Å². The van der Waals surface area contributed by atoms with Crippen molar-refractivity contribution >= 4 is 14.3 Å². The van der Waals surface area contributed by atoms with Crippen molar-refractivity contribution in [2.45, 2.75) is 89.8 Å². The van der Waals surface area contributed by atoms with Crippen molar-refractivity contribution in [2.24, 2.45) is 0 Å². The fourth-order valence-corrected chi connectivity index (χ4v) is 3.63. The topological polar surface area (TPSA) is 54.0 Å². The first-order valence-electron chi connectivity index (χ1n) is 9.26. The summed E-state index contributed by atoms with van der Waals surface area (Å²) in [6, 6.07) is 0. The number of esters is 1. The second-order valence-corrected chi connectivity index (χ2v) is 13.1. The molecule has 0 aromatic rings. The van der Waals surface area contributed by atoms with Crippen LogP contribution in [-0.2, 0) is 23.4 Å². The first-order chi connectivity index (χ1) is 11.6. The molecule has 0 aromatic carbocycles. The molecule has 5 nitrogen and oxygen atoms in total. The predicted octanol–water partition coefficient (Wildman–Crippen LogP) is 4.43. The number of carbonyl (C=O) groups excluding carboxylic acids is 1. The van der Waals surface area contributed by atoms with Gasteiger partial charge in [0.1, 0.15) is 6.10 Å². The second-order valence-electron chi connectivity index (χ2n) is 8.31. The van der Waals surface area contributed by atoms with Crippen LogP contribution in [0.1, 0.15) is 53.4 Å². The molecule has 0 radical (unpaired) electrons. The van der Waals surface area contributed by atoms with E-state index in [0.717, 1.165) is 25.7 Å². The molecule has 146 valence electrons. The van der Waals surface area contributed by atoms with Crippen LogP contribution in [0.4, 0.5) is 0 Å². The summed E-state index contributed by atoms with van der Waals surface area (Å²) < 4.78 is 22.8. The lowest BCUT2D eigenvalue weighted by Crippen LogP contribution is -2.42. The first kappa shape index (κ1) is 22.2. The average Bonchev–Trinajstić information content (AvgIpc) is 2.67. The molecule has 1 aliphatic rings. The summed E-state index contributed by atoms with van der Waals surface area (Å²) in [4.78, 5) is 11.2. The van der Waals surface area contributed by atoms with Gasteiger partial charge in [0.05, 0.1) is 31.7 Å². The van der Waals surface area contributed by atoms with Crippen LogP contribution in [0.15, 0.2) is 12.3 Å². The van der Waals surface area contributed by atoms with Crippen molar-refractivity contribution in [3.8, 4) is 0 Å². The van der Waals surface area contributed by atoms with Crippen LogP contribution in [0.3, 0.4) is 0 Å². The normalized spacial score (nSPS) is 25.6. The van der Waals surface area contributed by atoms with E-state index in [1.54, 1.807) is 0 Å². The Morgan fingerprint density at radius 1 is 1.28 bits per heavy atom. The highest BCUT2D eigenvalue weighted by molar-refractivity contribution is 6.74. The average molecular weight is 373 g/mol. The van der Waals surface area contributed by atoms with Gasteiger partial charge in [0, 0.05) is 6.61 Å². The van der Waals surface area contributed by atoms with Gasteiger partial charge in [-0.2, -0.15) is 0 Å². The molecule has 3 atom stereocenters. The van der Waals surface area contributed by atoms with Gasteiger partial charge in [0.25, 0.3) is 0 Å². The molecule has 1 heterocycles. The first-order valence-corrected chi connectivity index (χ1v) is 12.2. The zero-order valence-corrected chi connectivity index (χ0v) is 18.0. The molecular formula is C19H36O5Si. The maximum atomic E-state index is 11.2.